The highest BCUT2D eigenvalue weighted by molar-refractivity contribution is 7.91. The number of rotatable bonds is 3. The van der Waals surface area contributed by atoms with Crippen LogP contribution < -0.4 is 0 Å². The van der Waals surface area contributed by atoms with Gasteiger partial charge in [0.25, 0.3) is 0 Å². The summed E-state index contributed by atoms with van der Waals surface area (Å²) in [5, 5.41) is 0. The van der Waals surface area contributed by atoms with E-state index in [1.165, 1.54) is 19.1 Å². The van der Waals surface area contributed by atoms with Gasteiger partial charge in [0.05, 0.1) is 9.79 Å². The predicted octanol–water partition coefficient (Wildman–Crippen LogP) is 4.02. The average molecular weight is 316 g/mol. The van der Waals surface area contributed by atoms with Gasteiger partial charge in [-0.05, 0) is 42.2 Å². The summed E-state index contributed by atoms with van der Waals surface area (Å²) >= 11 is 0. The van der Waals surface area contributed by atoms with Crippen LogP contribution in [-0.4, -0.2) is 14.2 Å². The monoisotopic (exact) mass is 316 g/mol. The SMILES string of the molecule is CC(=O)c1ccc(S(=O)(=O)c2ccc(C(C)(C)C)cc2)cc1. The van der Waals surface area contributed by atoms with E-state index in [0.29, 0.717) is 5.56 Å². The minimum Gasteiger partial charge on any atom is -0.295 e. The van der Waals surface area contributed by atoms with Gasteiger partial charge in [0.1, 0.15) is 0 Å². The van der Waals surface area contributed by atoms with Gasteiger partial charge in [-0.15, -0.1) is 0 Å². The van der Waals surface area contributed by atoms with Gasteiger partial charge in [-0.3, -0.25) is 4.79 Å². The van der Waals surface area contributed by atoms with Crippen molar-refractivity contribution in [3.8, 4) is 0 Å². The van der Waals surface area contributed by atoms with Crippen LogP contribution in [0.1, 0.15) is 43.6 Å². The van der Waals surface area contributed by atoms with E-state index < -0.39 is 9.84 Å². The number of sulfone groups is 1. The highest BCUT2D eigenvalue weighted by Crippen LogP contribution is 2.26. The maximum absolute atomic E-state index is 12.6. The van der Waals surface area contributed by atoms with Crippen LogP contribution in [-0.2, 0) is 15.3 Å². The number of carbonyl (C=O) groups excluding carboxylic acids is 1. The molecule has 0 aliphatic heterocycles. The van der Waals surface area contributed by atoms with Gasteiger partial charge in [-0.25, -0.2) is 8.42 Å². The van der Waals surface area contributed by atoms with E-state index in [1.807, 2.05) is 12.1 Å². The van der Waals surface area contributed by atoms with Crippen LogP contribution >= 0.6 is 0 Å². The molecule has 0 aliphatic carbocycles. The Hall–Kier alpha value is -1.94. The van der Waals surface area contributed by atoms with Crippen molar-refractivity contribution >= 4 is 15.6 Å². The van der Waals surface area contributed by atoms with E-state index in [0.717, 1.165) is 5.56 Å². The van der Waals surface area contributed by atoms with E-state index in [9.17, 15) is 13.2 Å². The van der Waals surface area contributed by atoms with Gasteiger partial charge >= 0.3 is 0 Å². The van der Waals surface area contributed by atoms with Gasteiger partial charge in [-0.1, -0.05) is 45.0 Å². The molecule has 3 nitrogen and oxygen atoms in total. The molecule has 0 aromatic heterocycles. The number of carbonyl (C=O) groups is 1. The third-order valence-corrected chi connectivity index (χ3v) is 5.39. The number of hydrogen-bond acceptors (Lipinski definition) is 3. The molecule has 0 saturated carbocycles. The first-order valence-electron chi connectivity index (χ1n) is 7.09. The highest BCUT2D eigenvalue weighted by atomic mass is 32.2. The fourth-order valence-electron chi connectivity index (χ4n) is 2.14. The zero-order chi connectivity index (χ0) is 16.5. The fourth-order valence-corrected chi connectivity index (χ4v) is 3.40. The summed E-state index contributed by atoms with van der Waals surface area (Å²) in [7, 11) is -3.55. The quantitative estimate of drug-likeness (QED) is 0.804. The first-order valence-corrected chi connectivity index (χ1v) is 8.57. The Morgan fingerprint density at radius 2 is 1.23 bits per heavy atom. The van der Waals surface area contributed by atoms with Gasteiger partial charge in [-0.2, -0.15) is 0 Å². The molecular weight excluding hydrogens is 296 g/mol. The molecule has 0 aliphatic rings. The van der Waals surface area contributed by atoms with E-state index >= 15 is 0 Å². The third kappa shape index (κ3) is 3.28. The van der Waals surface area contributed by atoms with Gasteiger partial charge < -0.3 is 0 Å². The number of Topliss-reactive ketones (excluding diaryl/α,β-unsaturated/α-hetero) is 1. The molecule has 4 heteroatoms. The molecule has 2 aromatic carbocycles. The molecule has 0 unspecified atom stereocenters. The molecule has 0 N–H and O–H groups in total. The van der Waals surface area contributed by atoms with Crippen molar-refractivity contribution in [3.63, 3.8) is 0 Å². The Bertz CT molecular complexity index is 778. The maximum Gasteiger partial charge on any atom is 0.206 e. The molecule has 0 bridgehead atoms. The van der Waals surface area contributed by atoms with Crippen LogP contribution in [0.4, 0.5) is 0 Å². The molecule has 2 aromatic rings. The largest absolute Gasteiger partial charge is 0.295 e. The summed E-state index contributed by atoms with van der Waals surface area (Å²) in [5.74, 6) is -0.0847. The lowest BCUT2D eigenvalue weighted by Gasteiger charge is -2.19. The van der Waals surface area contributed by atoms with Gasteiger partial charge in [0, 0.05) is 5.56 Å². The molecular formula is C18H20O3S. The Morgan fingerprint density at radius 3 is 1.59 bits per heavy atom. The molecule has 0 fully saturated rings. The van der Waals surface area contributed by atoms with Crippen LogP contribution in [0.15, 0.2) is 58.3 Å². The lowest BCUT2D eigenvalue weighted by Crippen LogP contribution is -2.11. The van der Waals surface area contributed by atoms with E-state index in [4.69, 9.17) is 0 Å². The first-order chi connectivity index (χ1) is 10.1. The predicted molar refractivity (Wildman–Crippen MR) is 87.0 cm³/mol. The minimum absolute atomic E-state index is 0.0224. The Kier molecular flexibility index (Phi) is 4.25. The lowest BCUT2D eigenvalue weighted by atomic mass is 9.87. The lowest BCUT2D eigenvalue weighted by molar-refractivity contribution is 0.101. The van der Waals surface area contributed by atoms with Gasteiger partial charge in [0.15, 0.2) is 5.78 Å². The van der Waals surface area contributed by atoms with Crippen LogP contribution in [0.2, 0.25) is 0 Å². The normalized spacial score (nSPS) is 12.2. The van der Waals surface area contributed by atoms with Crippen molar-refractivity contribution in [1.29, 1.82) is 0 Å². The smallest absolute Gasteiger partial charge is 0.206 e. The molecule has 22 heavy (non-hydrogen) atoms. The molecule has 2 rings (SSSR count). The molecule has 0 saturated heterocycles. The second-order valence-corrected chi connectivity index (χ2v) is 8.31. The zero-order valence-corrected chi connectivity index (χ0v) is 14.1. The van der Waals surface area contributed by atoms with Crippen molar-refractivity contribution in [2.75, 3.05) is 0 Å². The van der Waals surface area contributed by atoms with E-state index in [-0.39, 0.29) is 21.0 Å². The standard InChI is InChI=1S/C18H20O3S/c1-13(19)14-5-9-16(10-6-14)22(20,21)17-11-7-15(8-12-17)18(2,3)4/h5-12H,1-4H3. The second kappa shape index (κ2) is 5.69. The Morgan fingerprint density at radius 1 is 0.818 bits per heavy atom. The zero-order valence-electron chi connectivity index (χ0n) is 13.3. The first kappa shape index (κ1) is 16.4. The van der Waals surface area contributed by atoms with Gasteiger partial charge in [0.2, 0.25) is 9.84 Å². The van der Waals surface area contributed by atoms with Crippen LogP contribution in [0.5, 0.6) is 0 Å². The number of hydrogen-bond donors (Lipinski definition) is 0. The summed E-state index contributed by atoms with van der Waals surface area (Å²) in [6.07, 6.45) is 0. The minimum atomic E-state index is -3.55. The van der Waals surface area contributed by atoms with Crippen LogP contribution in [0.25, 0.3) is 0 Å². The summed E-state index contributed by atoms with van der Waals surface area (Å²) < 4.78 is 25.2. The molecule has 116 valence electrons. The van der Waals surface area contributed by atoms with Crippen molar-refractivity contribution in [2.45, 2.75) is 42.9 Å². The molecule has 0 radical (unpaired) electrons. The van der Waals surface area contributed by atoms with Crippen molar-refractivity contribution in [3.05, 3.63) is 59.7 Å². The van der Waals surface area contributed by atoms with Crippen molar-refractivity contribution < 1.29 is 13.2 Å². The van der Waals surface area contributed by atoms with Crippen LogP contribution in [0.3, 0.4) is 0 Å². The number of ketones is 1. The topological polar surface area (TPSA) is 51.2 Å². The van der Waals surface area contributed by atoms with Crippen molar-refractivity contribution in [2.24, 2.45) is 0 Å². The highest BCUT2D eigenvalue weighted by Gasteiger charge is 2.19. The Labute approximate surface area is 131 Å². The molecule has 0 spiro atoms. The average Bonchev–Trinajstić information content (AvgIpc) is 2.46. The van der Waals surface area contributed by atoms with Crippen molar-refractivity contribution in [1.82, 2.24) is 0 Å². The summed E-state index contributed by atoms with van der Waals surface area (Å²) in [4.78, 5) is 11.7. The molecule has 0 amide bonds. The maximum atomic E-state index is 12.6. The molecule has 0 heterocycles. The fraction of sp³-hybridized carbons (Fsp3) is 0.278. The Balaban J connectivity index is 2.40. The van der Waals surface area contributed by atoms with E-state index in [2.05, 4.69) is 20.8 Å². The number of benzene rings is 2. The second-order valence-electron chi connectivity index (χ2n) is 6.36. The van der Waals surface area contributed by atoms with Crippen LogP contribution in [0, 0.1) is 0 Å². The summed E-state index contributed by atoms with van der Waals surface area (Å²) in [6, 6.07) is 13.0. The summed E-state index contributed by atoms with van der Waals surface area (Å²) in [6.45, 7) is 7.69. The third-order valence-electron chi connectivity index (χ3n) is 3.60. The molecule has 0 atom stereocenters. The summed E-state index contributed by atoms with van der Waals surface area (Å²) in [5.41, 5.74) is 1.56. The van der Waals surface area contributed by atoms with E-state index in [1.54, 1.807) is 24.3 Å².